The highest BCUT2D eigenvalue weighted by molar-refractivity contribution is 8.01. The molecular weight excluding hydrogens is 338 g/mol. The quantitative estimate of drug-likeness (QED) is 0.309. The largest absolute Gasteiger partial charge is 0.223 e. The van der Waals surface area contributed by atoms with Gasteiger partial charge in [0, 0.05) is 16.9 Å². The summed E-state index contributed by atoms with van der Waals surface area (Å²) < 4.78 is 1.27. The minimum atomic E-state index is 0.858. The van der Waals surface area contributed by atoms with E-state index in [4.69, 9.17) is 4.98 Å². The fourth-order valence-electron chi connectivity index (χ4n) is 2.56. The molecule has 2 unspecified atom stereocenters. The fraction of sp³-hybridized carbons (Fsp3) is 0.842. The first-order valence-electron chi connectivity index (χ1n) is 9.44. The predicted molar refractivity (Wildman–Crippen MR) is 110 cm³/mol. The monoisotopic (exact) mass is 373 g/mol. The highest BCUT2D eigenvalue weighted by Crippen LogP contribution is 2.32. The van der Waals surface area contributed by atoms with Crippen molar-refractivity contribution in [2.45, 2.75) is 88.4 Å². The first-order valence-corrected chi connectivity index (χ1v) is 12.3. The van der Waals surface area contributed by atoms with E-state index in [9.17, 15) is 0 Å². The van der Waals surface area contributed by atoms with Gasteiger partial charge in [0.05, 0.1) is 0 Å². The second kappa shape index (κ2) is 13.6. The number of thiazole rings is 1. The van der Waals surface area contributed by atoms with Gasteiger partial charge in [-0.15, -0.1) is 23.1 Å². The fourth-order valence-corrected chi connectivity index (χ4v) is 6.03. The Morgan fingerprint density at radius 2 is 1.48 bits per heavy atom. The van der Waals surface area contributed by atoms with Gasteiger partial charge in [0.2, 0.25) is 0 Å². The van der Waals surface area contributed by atoms with Crippen molar-refractivity contribution in [3.63, 3.8) is 0 Å². The molecule has 1 nitrogen and oxygen atoms in total. The van der Waals surface area contributed by atoms with Gasteiger partial charge in [-0.2, -0.15) is 0 Å². The molecule has 0 spiro atoms. The van der Waals surface area contributed by atoms with Crippen LogP contribution in [0.2, 0.25) is 0 Å². The van der Waals surface area contributed by atoms with Crippen LogP contribution in [-0.2, 0) is 0 Å². The molecular formula is C19H35NS3. The molecule has 0 saturated heterocycles. The summed E-state index contributed by atoms with van der Waals surface area (Å²) in [5.41, 5.74) is 0. The molecule has 134 valence electrons. The Morgan fingerprint density at radius 3 is 2.00 bits per heavy atom. The molecule has 23 heavy (non-hydrogen) atoms. The van der Waals surface area contributed by atoms with E-state index in [2.05, 4.69) is 33.1 Å². The lowest BCUT2D eigenvalue weighted by molar-refractivity contribution is 0.499. The van der Waals surface area contributed by atoms with Crippen LogP contribution in [0.3, 0.4) is 0 Å². The van der Waals surface area contributed by atoms with Crippen LogP contribution in [0.15, 0.2) is 14.7 Å². The zero-order chi connectivity index (χ0) is 16.9. The van der Waals surface area contributed by atoms with Gasteiger partial charge in [-0.25, -0.2) is 4.98 Å². The van der Waals surface area contributed by atoms with Gasteiger partial charge in [0.1, 0.15) is 5.03 Å². The van der Waals surface area contributed by atoms with Gasteiger partial charge < -0.3 is 0 Å². The molecule has 1 heterocycles. The predicted octanol–water partition coefficient (Wildman–Crippen LogP) is 7.76. The molecule has 0 N–H and O–H groups in total. The molecule has 0 radical (unpaired) electrons. The highest BCUT2D eigenvalue weighted by Gasteiger charge is 2.11. The Bertz CT molecular complexity index is 357. The van der Waals surface area contributed by atoms with Crippen LogP contribution in [0.4, 0.5) is 0 Å². The van der Waals surface area contributed by atoms with Crippen LogP contribution in [0.5, 0.6) is 0 Å². The van der Waals surface area contributed by atoms with Crippen molar-refractivity contribution in [1.29, 1.82) is 0 Å². The van der Waals surface area contributed by atoms with Gasteiger partial charge in [-0.1, -0.05) is 78.0 Å². The first kappa shape index (κ1) is 21.4. The smallest absolute Gasteiger partial charge is 0.151 e. The maximum absolute atomic E-state index is 4.83. The Kier molecular flexibility index (Phi) is 12.6. The minimum Gasteiger partial charge on any atom is -0.223 e. The van der Waals surface area contributed by atoms with Gasteiger partial charge in [-0.3, -0.25) is 0 Å². The zero-order valence-electron chi connectivity index (χ0n) is 15.5. The van der Waals surface area contributed by atoms with Crippen LogP contribution in [-0.4, -0.2) is 16.5 Å². The van der Waals surface area contributed by atoms with Crippen molar-refractivity contribution >= 4 is 34.9 Å². The summed E-state index contributed by atoms with van der Waals surface area (Å²) in [6, 6.07) is 0. The number of unbranched alkanes of at least 4 members (excludes halogenated alkanes) is 2. The number of rotatable bonds is 14. The van der Waals surface area contributed by atoms with Crippen LogP contribution in [0, 0.1) is 11.8 Å². The molecule has 1 rings (SSSR count). The van der Waals surface area contributed by atoms with Crippen molar-refractivity contribution in [1.82, 2.24) is 4.98 Å². The standard InChI is InChI=1S/C19H35NS3/c1-5-9-11-16(7-3)13-21-18-15-23-19(20-18)22-14-17(8-4)12-10-6-2/h15-17H,5-14H2,1-4H3. The lowest BCUT2D eigenvalue weighted by atomic mass is 10.0. The normalized spacial score (nSPS) is 14.1. The molecule has 0 aliphatic heterocycles. The molecule has 0 amide bonds. The second-order valence-electron chi connectivity index (χ2n) is 6.41. The summed E-state index contributed by atoms with van der Waals surface area (Å²) in [7, 11) is 0. The van der Waals surface area contributed by atoms with E-state index in [1.807, 2.05) is 34.9 Å². The van der Waals surface area contributed by atoms with Crippen LogP contribution in [0.1, 0.15) is 79.1 Å². The maximum atomic E-state index is 4.83. The van der Waals surface area contributed by atoms with E-state index in [-0.39, 0.29) is 0 Å². The Balaban J connectivity index is 2.33. The average molecular weight is 374 g/mol. The number of thioether (sulfide) groups is 2. The molecule has 2 atom stereocenters. The summed E-state index contributed by atoms with van der Waals surface area (Å²) in [6.45, 7) is 9.22. The van der Waals surface area contributed by atoms with Gasteiger partial charge in [-0.05, 0) is 24.7 Å². The molecule has 1 aromatic heterocycles. The van der Waals surface area contributed by atoms with E-state index in [1.165, 1.54) is 72.2 Å². The third-order valence-corrected chi connectivity index (χ3v) is 8.00. The third-order valence-electron chi connectivity index (χ3n) is 4.46. The summed E-state index contributed by atoms with van der Waals surface area (Å²) in [4.78, 5) is 4.83. The van der Waals surface area contributed by atoms with Crippen molar-refractivity contribution in [2.24, 2.45) is 11.8 Å². The molecule has 0 aliphatic carbocycles. The molecule has 0 saturated carbocycles. The Labute approximate surface area is 156 Å². The van der Waals surface area contributed by atoms with Gasteiger partial charge in [0.25, 0.3) is 0 Å². The lowest BCUT2D eigenvalue weighted by Gasteiger charge is -2.13. The highest BCUT2D eigenvalue weighted by atomic mass is 32.2. The van der Waals surface area contributed by atoms with E-state index < -0.39 is 0 Å². The van der Waals surface area contributed by atoms with E-state index in [0.717, 1.165) is 11.8 Å². The summed E-state index contributed by atoms with van der Waals surface area (Å²) in [5, 5.41) is 3.50. The minimum absolute atomic E-state index is 0.858. The van der Waals surface area contributed by atoms with Crippen molar-refractivity contribution < 1.29 is 0 Å². The van der Waals surface area contributed by atoms with E-state index in [0.29, 0.717) is 0 Å². The Hall–Kier alpha value is 0.330. The van der Waals surface area contributed by atoms with Crippen LogP contribution >= 0.6 is 34.9 Å². The lowest BCUT2D eigenvalue weighted by Crippen LogP contribution is -2.02. The van der Waals surface area contributed by atoms with Crippen molar-refractivity contribution in [3.8, 4) is 0 Å². The molecule has 0 aromatic carbocycles. The average Bonchev–Trinajstić information content (AvgIpc) is 3.03. The number of nitrogens with zero attached hydrogens (tertiary/aromatic N) is 1. The van der Waals surface area contributed by atoms with Gasteiger partial charge >= 0.3 is 0 Å². The molecule has 0 fully saturated rings. The second-order valence-corrected chi connectivity index (χ2v) is 9.57. The molecule has 4 heteroatoms. The molecule has 1 aromatic rings. The Morgan fingerprint density at radius 1 is 0.913 bits per heavy atom. The first-order chi connectivity index (χ1) is 11.2. The third kappa shape index (κ3) is 9.40. The summed E-state index contributed by atoms with van der Waals surface area (Å²) in [6.07, 6.45) is 10.7. The molecule has 0 bridgehead atoms. The van der Waals surface area contributed by atoms with Crippen molar-refractivity contribution in [2.75, 3.05) is 11.5 Å². The van der Waals surface area contributed by atoms with E-state index in [1.54, 1.807) is 0 Å². The van der Waals surface area contributed by atoms with Crippen LogP contribution < -0.4 is 0 Å². The number of hydrogen-bond donors (Lipinski definition) is 0. The van der Waals surface area contributed by atoms with Crippen molar-refractivity contribution in [3.05, 3.63) is 5.38 Å². The van der Waals surface area contributed by atoms with Crippen LogP contribution in [0.25, 0.3) is 0 Å². The topological polar surface area (TPSA) is 12.9 Å². The zero-order valence-corrected chi connectivity index (χ0v) is 17.9. The SMILES string of the molecule is CCCCC(CC)CSc1csc(SCC(CC)CCCC)n1. The van der Waals surface area contributed by atoms with Gasteiger partial charge in [0.15, 0.2) is 4.34 Å². The number of hydrogen-bond acceptors (Lipinski definition) is 4. The van der Waals surface area contributed by atoms with E-state index >= 15 is 0 Å². The summed E-state index contributed by atoms with van der Waals surface area (Å²) >= 11 is 5.77. The number of aromatic nitrogens is 1. The summed E-state index contributed by atoms with van der Waals surface area (Å²) in [5.74, 6) is 4.19. The molecule has 0 aliphatic rings. The maximum Gasteiger partial charge on any atom is 0.151 e.